The third-order valence-corrected chi connectivity index (χ3v) is 5.08. The lowest BCUT2D eigenvalue weighted by Gasteiger charge is -2.33. The van der Waals surface area contributed by atoms with Crippen molar-refractivity contribution in [3.05, 3.63) is 24.3 Å². The molecular weight excluding hydrogens is 330 g/mol. The van der Waals surface area contributed by atoms with E-state index in [0.29, 0.717) is 24.0 Å². The molecule has 26 heavy (non-hydrogen) atoms. The van der Waals surface area contributed by atoms with E-state index in [1.807, 2.05) is 12.1 Å². The Kier molecular flexibility index (Phi) is 6.50. The summed E-state index contributed by atoms with van der Waals surface area (Å²) in [4.78, 5) is 26.2. The van der Waals surface area contributed by atoms with Gasteiger partial charge in [0.15, 0.2) is 6.61 Å². The van der Waals surface area contributed by atoms with E-state index in [1.54, 1.807) is 12.1 Å². The fraction of sp³-hybridized carbons (Fsp3) is 0.600. The van der Waals surface area contributed by atoms with E-state index >= 15 is 0 Å². The molecule has 1 aromatic rings. The van der Waals surface area contributed by atoms with Crippen molar-refractivity contribution in [2.24, 2.45) is 5.92 Å². The first kappa shape index (κ1) is 18.7. The molecule has 1 aromatic carbocycles. The molecule has 2 aliphatic rings. The Morgan fingerprint density at radius 1 is 1.23 bits per heavy atom. The Hall–Kier alpha value is -2.08. The molecule has 1 aliphatic heterocycles. The van der Waals surface area contributed by atoms with E-state index in [4.69, 9.17) is 4.74 Å². The summed E-state index contributed by atoms with van der Waals surface area (Å²) < 4.78 is 5.55. The zero-order valence-electron chi connectivity index (χ0n) is 15.5. The second kappa shape index (κ2) is 9.03. The van der Waals surface area contributed by atoms with E-state index in [1.165, 1.54) is 19.3 Å². The molecule has 0 spiro atoms. The summed E-state index contributed by atoms with van der Waals surface area (Å²) in [6.07, 6.45) is 5.73. The molecule has 6 heteroatoms. The average Bonchev–Trinajstić information content (AvgIpc) is 3.47. The van der Waals surface area contributed by atoms with Crippen molar-refractivity contribution in [2.75, 3.05) is 31.6 Å². The minimum atomic E-state index is -0.123. The van der Waals surface area contributed by atoms with Crippen molar-refractivity contribution in [3.63, 3.8) is 0 Å². The van der Waals surface area contributed by atoms with Gasteiger partial charge in [-0.3, -0.25) is 14.5 Å². The first-order valence-electron chi connectivity index (χ1n) is 9.66. The molecule has 1 atom stereocenters. The minimum absolute atomic E-state index is 0.0183. The SMILES string of the molecule is CC1CCCCN1CCNC(=O)COc1cccc(NC(=O)C2CC2)c1. The third-order valence-electron chi connectivity index (χ3n) is 5.08. The number of piperidine rings is 1. The number of anilines is 1. The van der Waals surface area contributed by atoms with Crippen LogP contribution in [-0.2, 0) is 9.59 Å². The average molecular weight is 359 g/mol. The number of ether oxygens (including phenoxy) is 1. The number of nitrogens with zero attached hydrogens (tertiary/aromatic N) is 1. The summed E-state index contributed by atoms with van der Waals surface area (Å²) in [7, 11) is 0. The molecule has 1 unspecified atom stereocenters. The number of benzene rings is 1. The van der Waals surface area contributed by atoms with Gasteiger partial charge in [0, 0.05) is 36.8 Å². The van der Waals surface area contributed by atoms with Crippen LogP contribution in [0.1, 0.15) is 39.0 Å². The number of carbonyl (C=O) groups excluding carboxylic acids is 2. The Morgan fingerprint density at radius 2 is 2.08 bits per heavy atom. The predicted molar refractivity (Wildman–Crippen MR) is 101 cm³/mol. The number of likely N-dealkylation sites (tertiary alicyclic amines) is 1. The Morgan fingerprint density at radius 3 is 2.85 bits per heavy atom. The summed E-state index contributed by atoms with van der Waals surface area (Å²) in [6, 6.07) is 7.78. The highest BCUT2D eigenvalue weighted by Crippen LogP contribution is 2.30. The van der Waals surface area contributed by atoms with Crippen LogP contribution in [-0.4, -0.2) is 49.0 Å². The van der Waals surface area contributed by atoms with E-state index in [9.17, 15) is 9.59 Å². The van der Waals surface area contributed by atoms with Gasteiger partial charge >= 0.3 is 0 Å². The normalized spacial score (nSPS) is 20.4. The van der Waals surface area contributed by atoms with Gasteiger partial charge in [-0.05, 0) is 51.3 Å². The van der Waals surface area contributed by atoms with Gasteiger partial charge in [-0.2, -0.15) is 0 Å². The van der Waals surface area contributed by atoms with Crippen LogP contribution in [0.3, 0.4) is 0 Å². The monoisotopic (exact) mass is 359 g/mol. The van der Waals surface area contributed by atoms with Crippen molar-refractivity contribution in [3.8, 4) is 5.75 Å². The number of nitrogens with one attached hydrogen (secondary N) is 2. The molecular formula is C20H29N3O3. The quantitative estimate of drug-likeness (QED) is 0.748. The number of rotatable bonds is 8. The number of hydrogen-bond donors (Lipinski definition) is 2. The highest BCUT2D eigenvalue weighted by molar-refractivity contribution is 5.94. The first-order chi connectivity index (χ1) is 12.6. The smallest absolute Gasteiger partial charge is 0.257 e. The highest BCUT2D eigenvalue weighted by atomic mass is 16.5. The minimum Gasteiger partial charge on any atom is -0.484 e. The third kappa shape index (κ3) is 5.73. The molecule has 142 valence electrons. The van der Waals surface area contributed by atoms with Crippen molar-refractivity contribution < 1.29 is 14.3 Å². The van der Waals surface area contributed by atoms with Gasteiger partial charge in [0.25, 0.3) is 5.91 Å². The number of hydrogen-bond acceptors (Lipinski definition) is 4. The predicted octanol–water partition coefficient (Wildman–Crippen LogP) is 2.40. The Bertz CT molecular complexity index is 630. The molecule has 0 radical (unpaired) electrons. The van der Waals surface area contributed by atoms with Gasteiger partial charge < -0.3 is 15.4 Å². The molecule has 3 rings (SSSR count). The van der Waals surface area contributed by atoms with Crippen LogP contribution >= 0.6 is 0 Å². The fourth-order valence-electron chi connectivity index (χ4n) is 3.28. The maximum Gasteiger partial charge on any atom is 0.257 e. The molecule has 2 amide bonds. The largest absolute Gasteiger partial charge is 0.484 e. The van der Waals surface area contributed by atoms with Gasteiger partial charge in [0.05, 0.1) is 0 Å². The summed E-state index contributed by atoms with van der Waals surface area (Å²) in [6.45, 7) is 4.88. The first-order valence-corrected chi connectivity index (χ1v) is 9.66. The zero-order valence-corrected chi connectivity index (χ0v) is 15.5. The summed E-state index contributed by atoms with van der Waals surface area (Å²) in [5.74, 6) is 0.681. The lowest BCUT2D eigenvalue weighted by atomic mass is 10.0. The van der Waals surface area contributed by atoms with E-state index in [0.717, 1.165) is 25.9 Å². The summed E-state index contributed by atoms with van der Waals surface area (Å²) in [5, 5.41) is 5.80. The second-order valence-corrected chi connectivity index (χ2v) is 7.31. The van der Waals surface area contributed by atoms with Gasteiger partial charge in [-0.15, -0.1) is 0 Å². The molecule has 1 saturated heterocycles. The van der Waals surface area contributed by atoms with Gasteiger partial charge in [0.1, 0.15) is 5.75 Å². The van der Waals surface area contributed by atoms with Crippen LogP contribution in [0.15, 0.2) is 24.3 Å². The van der Waals surface area contributed by atoms with Gasteiger partial charge in [0.2, 0.25) is 5.91 Å². The van der Waals surface area contributed by atoms with Gasteiger partial charge in [-0.1, -0.05) is 12.5 Å². The molecule has 6 nitrogen and oxygen atoms in total. The Balaban J connectivity index is 1.36. The highest BCUT2D eigenvalue weighted by Gasteiger charge is 2.29. The summed E-state index contributed by atoms with van der Waals surface area (Å²) >= 11 is 0. The van der Waals surface area contributed by atoms with Crippen molar-refractivity contribution >= 4 is 17.5 Å². The van der Waals surface area contributed by atoms with Crippen LogP contribution < -0.4 is 15.4 Å². The number of carbonyl (C=O) groups is 2. The maximum atomic E-state index is 12.0. The molecule has 1 aliphatic carbocycles. The van der Waals surface area contributed by atoms with E-state index < -0.39 is 0 Å². The van der Waals surface area contributed by atoms with Crippen LogP contribution in [0.4, 0.5) is 5.69 Å². The van der Waals surface area contributed by atoms with Crippen LogP contribution in [0.25, 0.3) is 0 Å². The molecule has 2 fully saturated rings. The second-order valence-electron chi connectivity index (χ2n) is 7.31. The lowest BCUT2D eigenvalue weighted by Crippen LogP contribution is -2.43. The summed E-state index contributed by atoms with van der Waals surface area (Å²) in [5.41, 5.74) is 0.707. The standard InChI is InChI=1S/C20H29N3O3/c1-15-5-2-3-11-23(15)12-10-21-19(24)14-26-18-7-4-6-17(13-18)22-20(25)16-8-9-16/h4,6-7,13,15-16H,2-3,5,8-12,14H2,1H3,(H,21,24)(H,22,25). The molecule has 1 saturated carbocycles. The van der Waals surface area contributed by atoms with Crippen LogP contribution in [0.2, 0.25) is 0 Å². The molecule has 0 bridgehead atoms. The molecule has 0 aromatic heterocycles. The lowest BCUT2D eigenvalue weighted by molar-refractivity contribution is -0.123. The molecule has 2 N–H and O–H groups in total. The van der Waals surface area contributed by atoms with Crippen molar-refractivity contribution in [1.29, 1.82) is 0 Å². The maximum absolute atomic E-state index is 12.0. The van der Waals surface area contributed by atoms with Crippen molar-refractivity contribution in [1.82, 2.24) is 10.2 Å². The van der Waals surface area contributed by atoms with Gasteiger partial charge in [-0.25, -0.2) is 0 Å². The van der Waals surface area contributed by atoms with Crippen LogP contribution in [0.5, 0.6) is 5.75 Å². The van der Waals surface area contributed by atoms with E-state index in [-0.39, 0.29) is 24.3 Å². The topological polar surface area (TPSA) is 70.7 Å². The zero-order chi connectivity index (χ0) is 18.4. The number of amides is 2. The Labute approximate surface area is 155 Å². The fourth-order valence-corrected chi connectivity index (χ4v) is 3.28. The van der Waals surface area contributed by atoms with E-state index in [2.05, 4.69) is 22.5 Å². The van der Waals surface area contributed by atoms with Crippen LogP contribution in [0, 0.1) is 5.92 Å². The van der Waals surface area contributed by atoms with Crippen molar-refractivity contribution in [2.45, 2.75) is 45.1 Å². The molecule has 1 heterocycles.